The number of hydrogen-bond donors (Lipinski definition) is 2. The van der Waals surface area contributed by atoms with Gasteiger partial charge in [0.05, 0.1) is 5.56 Å². The number of hydrogen-bond acceptors (Lipinski definition) is 3. The van der Waals surface area contributed by atoms with Crippen LogP contribution in [0.3, 0.4) is 0 Å². The number of carbonyl (C=O) groups excluding carboxylic acids is 1. The van der Waals surface area contributed by atoms with Gasteiger partial charge in [0.25, 0.3) is 5.91 Å². The molecule has 1 aromatic rings. The molecule has 0 unspecified atom stereocenters. The van der Waals surface area contributed by atoms with Crippen LogP contribution in [0.15, 0.2) is 27.6 Å². The van der Waals surface area contributed by atoms with Crippen molar-refractivity contribution in [2.24, 2.45) is 0 Å². The largest absolute Gasteiger partial charge is 0.351 e. The molecule has 0 radical (unpaired) electrons. The summed E-state index contributed by atoms with van der Waals surface area (Å²) in [7, 11) is 0. The zero-order valence-corrected chi connectivity index (χ0v) is 11.6. The van der Waals surface area contributed by atoms with Crippen molar-refractivity contribution in [3.8, 4) is 0 Å². The van der Waals surface area contributed by atoms with E-state index in [1.54, 1.807) is 17.8 Å². The minimum Gasteiger partial charge on any atom is -0.351 e. The molecule has 1 aromatic carbocycles. The minimum atomic E-state index is -0.0631. The topological polar surface area (TPSA) is 29.1 Å². The molecular formula is C10H12BrNOS2. The lowest BCUT2D eigenvalue weighted by Gasteiger charge is -2.06. The Morgan fingerprint density at radius 3 is 3.00 bits per heavy atom. The number of carbonyl (C=O) groups is 1. The van der Waals surface area contributed by atoms with Crippen molar-refractivity contribution in [1.29, 1.82) is 0 Å². The van der Waals surface area contributed by atoms with Gasteiger partial charge >= 0.3 is 0 Å². The summed E-state index contributed by atoms with van der Waals surface area (Å²) in [5, 5.41) is 2.84. The molecule has 1 rings (SSSR count). The number of thiol groups is 1. The fourth-order valence-electron chi connectivity index (χ4n) is 1.05. The van der Waals surface area contributed by atoms with E-state index in [4.69, 9.17) is 0 Å². The van der Waals surface area contributed by atoms with Gasteiger partial charge in [0.1, 0.15) is 0 Å². The molecule has 0 spiro atoms. The van der Waals surface area contributed by atoms with Gasteiger partial charge in [-0.05, 0) is 40.4 Å². The fourth-order valence-corrected chi connectivity index (χ4v) is 1.99. The average Bonchev–Trinajstić information content (AvgIpc) is 2.22. The lowest BCUT2D eigenvalue weighted by Crippen LogP contribution is -2.26. The van der Waals surface area contributed by atoms with E-state index in [1.165, 1.54) is 0 Å². The molecular weight excluding hydrogens is 294 g/mol. The maximum atomic E-state index is 11.7. The number of amides is 1. The SMILES string of the molecule is CSCCNC(=O)c1cc(S)ccc1Br. The highest BCUT2D eigenvalue weighted by Crippen LogP contribution is 2.19. The van der Waals surface area contributed by atoms with E-state index in [0.29, 0.717) is 12.1 Å². The highest BCUT2D eigenvalue weighted by Gasteiger charge is 2.09. The van der Waals surface area contributed by atoms with Crippen molar-refractivity contribution in [2.75, 3.05) is 18.6 Å². The summed E-state index contributed by atoms with van der Waals surface area (Å²) >= 11 is 9.25. The Bertz CT molecular complexity index is 357. The second kappa shape index (κ2) is 6.45. The van der Waals surface area contributed by atoms with Crippen LogP contribution in [0.25, 0.3) is 0 Å². The molecule has 0 aromatic heterocycles. The highest BCUT2D eigenvalue weighted by atomic mass is 79.9. The van der Waals surface area contributed by atoms with E-state index in [9.17, 15) is 4.79 Å². The Morgan fingerprint density at radius 1 is 1.60 bits per heavy atom. The Kier molecular flexibility index (Phi) is 5.56. The molecule has 15 heavy (non-hydrogen) atoms. The average molecular weight is 306 g/mol. The van der Waals surface area contributed by atoms with Gasteiger partial charge in [-0.1, -0.05) is 0 Å². The van der Waals surface area contributed by atoms with Crippen LogP contribution in [-0.2, 0) is 0 Å². The van der Waals surface area contributed by atoms with Crippen molar-refractivity contribution in [3.05, 3.63) is 28.2 Å². The summed E-state index contributed by atoms with van der Waals surface area (Å²) in [6, 6.07) is 5.42. The number of nitrogens with one attached hydrogen (secondary N) is 1. The lowest BCUT2D eigenvalue weighted by atomic mass is 10.2. The summed E-state index contributed by atoms with van der Waals surface area (Å²) in [6.07, 6.45) is 2.01. The van der Waals surface area contributed by atoms with E-state index in [1.807, 2.05) is 18.4 Å². The van der Waals surface area contributed by atoms with E-state index in [2.05, 4.69) is 33.9 Å². The monoisotopic (exact) mass is 305 g/mol. The molecule has 0 aliphatic rings. The van der Waals surface area contributed by atoms with Crippen LogP contribution in [0.4, 0.5) is 0 Å². The van der Waals surface area contributed by atoms with Gasteiger partial charge in [-0.2, -0.15) is 11.8 Å². The van der Waals surface area contributed by atoms with Gasteiger partial charge in [-0.25, -0.2) is 0 Å². The standard InChI is InChI=1S/C10H12BrNOS2/c1-15-5-4-12-10(13)8-6-7(14)2-3-9(8)11/h2-3,6,14H,4-5H2,1H3,(H,12,13). The molecule has 5 heteroatoms. The summed E-state index contributed by atoms with van der Waals surface area (Å²) in [4.78, 5) is 12.5. The van der Waals surface area contributed by atoms with Gasteiger partial charge in [0.2, 0.25) is 0 Å². The first-order valence-corrected chi connectivity index (χ1v) is 7.04. The molecule has 1 amide bonds. The minimum absolute atomic E-state index is 0.0631. The van der Waals surface area contributed by atoms with Crippen molar-refractivity contribution in [3.63, 3.8) is 0 Å². The van der Waals surface area contributed by atoms with Gasteiger partial charge in [0.15, 0.2) is 0 Å². The van der Waals surface area contributed by atoms with Crippen LogP contribution in [0.1, 0.15) is 10.4 Å². The van der Waals surface area contributed by atoms with Crippen LogP contribution in [0.2, 0.25) is 0 Å². The predicted octanol–water partition coefficient (Wildman–Crippen LogP) is 2.83. The van der Waals surface area contributed by atoms with Crippen LogP contribution in [0, 0.1) is 0 Å². The van der Waals surface area contributed by atoms with Crippen molar-refractivity contribution in [2.45, 2.75) is 4.90 Å². The molecule has 82 valence electrons. The molecule has 0 saturated carbocycles. The number of rotatable bonds is 4. The van der Waals surface area contributed by atoms with Crippen molar-refractivity contribution >= 4 is 46.2 Å². The Hall–Kier alpha value is -0.130. The second-order valence-electron chi connectivity index (χ2n) is 2.91. The van der Waals surface area contributed by atoms with Crippen molar-refractivity contribution < 1.29 is 4.79 Å². The smallest absolute Gasteiger partial charge is 0.252 e. The molecule has 0 fully saturated rings. The summed E-state index contributed by atoms with van der Waals surface area (Å²) in [5.41, 5.74) is 0.628. The second-order valence-corrected chi connectivity index (χ2v) is 5.27. The van der Waals surface area contributed by atoms with Crippen molar-refractivity contribution in [1.82, 2.24) is 5.32 Å². The van der Waals surface area contributed by atoms with Gasteiger partial charge in [-0.3, -0.25) is 4.79 Å². The van der Waals surface area contributed by atoms with Crippen LogP contribution in [-0.4, -0.2) is 24.5 Å². The quantitative estimate of drug-likeness (QED) is 0.661. The molecule has 0 saturated heterocycles. The Morgan fingerprint density at radius 2 is 2.33 bits per heavy atom. The molecule has 2 nitrogen and oxygen atoms in total. The third kappa shape index (κ3) is 4.09. The maximum Gasteiger partial charge on any atom is 0.252 e. The third-order valence-electron chi connectivity index (χ3n) is 1.79. The number of halogens is 1. The molecule has 0 aliphatic heterocycles. The number of thioether (sulfide) groups is 1. The maximum absolute atomic E-state index is 11.7. The zero-order chi connectivity index (χ0) is 11.3. The first kappa shape index (κ1) is 12.9. The van der Waals surface area contributed by atoms with E-state index >= 15 is 0 Å². The molecule has 0 bridgehead atoms. The first-order chi connectivity index (χ1) is 7.15. The molecule has 0 heterocycles. The first-order valence-electron chi connectivity index (χ1n) is 4.41. The number of benzene rings is 1. The van der Waals surface area contributed by atoms with E-state index < -0.39 is 0 Å². The Balaban J connectivity index is 2.68. The molecule has 0 aliphatic carbocycles. The predicted molar refractivity (Wildman–Crippen MR) is 72.1 cm³/mol. The normalized spacial score (nSPS) is 10.1. The van der Waals surface area contributed by atoms with Gasteiger partial charge in [-0.15, -0.1) is 12.6 Å². The summed E-state index contributed by atoms with van der Waals surface area (Å²) in [5.74, 6) is 0.857. The van der Waals surface area contributed by atoms with Crippen LogP contribution < -0.4 is 5.32 Å². The van der Waals surface area contributed by atoms with Gasteiger partial charge in [0, 0.05) is 21.7 Å². The molecule has 1 N–H and O–H groups in total. The highest BCUT2D eigenvalue weighted by molar-refractivity contribution is 9.10. The Labute approximate surface area is 108 Å². The molecule has 0 atom stereocenters. The van der Waals surface area contributed by atoms with Gasteiger partial charge < -0.3 is 5.32 Å². The summed E-state index contributed by atoms with van der Waals surface area (Å²) < 4.78 is 0.793. The van der Waals surface area contributed by atoms with E-state index in [-0.39, 0.29) is 5.91 Å². The third-order valence-corrected chi connectivity index (χ3v) is 3.37. The zero-order valence-electron chi connectivity index (χ0n) is 8.29. The van der Waals surface area contributed by atoms with Crippen LogP contribution in [0.5, 0.6) is 0 Å². The van der Waals surface area contributed by atoms with E-state index in [0.717, 1.165) is 15.1 Å². The summed E-state index contributed by atoms with van der Waals surface area (Å²) in [6.45, 7) is 0.684. The fraction of sp³-hybridized carbons (Fsp3) is 0.300. The van der Waals surface area contributed by atoms with Crippen LogP contribution >= 0.6 is 40.3 Å². The lowest BCUT2D eigenvalue weighted by molar-refractivity contribution is 0.0955.